The Balaban J connectivity index is 1.96. The first-order chi connectivity index (χ1) is 9.65. The minimum absolute atomic E-state index is 0.0345. The summed E-state index contributed by atoms with van der Waals surface area (Å²) in [7, 11) is 2.05. The fourth-order valence-electron chi connectivity index (χ4n) is 3.17. The number of benzene rings is 1. The molecule has 0 aromatic heterocycles. The van der Waals surface area contributed by atoms with Crippen molar-refractivity contribution in [2.45, 2.75) is 24.5 Å². The van der Waals surface area contributed by atoms with E-state index in [0.717, 1.165) is 21.1 Å². The number of halogens is 2. The number of ether oxygens (including phenoxy) is 1. The van der Waals surface area contributed by atoms with Gasteiger partial charge in [-0.1, -0.05) is 15.9 Å². The van der Waals surface area contributed by atoms with Crippen LogP contribution >= 0.6 is 50.7 Å². The van der Waals surface area contributed by atoms with Crippen LogP contribution in [0.5, 0.6) is 5.75 Å². The van der Waals surface area contributed by atoms with E-state index >= 15 is 0 Å². The number of rotatable bonds is 4. The van der Waals surface area contributed by atoms with Crippen LogP contribution in [0.25, 0.3) is 0 Å². The minimum Gasteiger partial charge on any atom is -0.488 e. The molecule has 1 aliphatic heterocycles. The average Bonchev–Trinajstić information content (AvgIpc) is 2.89. The molecule has 3 nitrogen and oxygen atoms in total. The van der Waals surface area contributed by atoms with E-state index in [-0.39, 0.29) is 33.5 Å². The third kappa shape index (κ3) is 2.52. The molecule has 0 radical (unpaired) electrons. The third-order valence-corrected chi connectivity index (χ3v) is 5.45. The predicted molar refractivity (Wildman–Crippen MR) is 87.4 cm³/mol. The van der Waals surface area contributed by atoms with Crippen LogP contribution in [0, 0.1) is 5.92 Å². The molecule has 1 fully saturated rings. The fourth-order valence-corrected chi connectivity index (χ4v) is 5.02. The molecule has 3 rings (SSSR count). The van der Waals surface area contributed by atoms with Gasteiger partial charge in [0.15, 0.2) is 0 Å². The Morgan fingerprint density at radius 2 is 2.32 bits per heavy atom. The van der Waals surface area contributed by atoms with Gasteiger partial charge in [0.1, 0.15) is 11.9 Å². The fraction of sp³-hybridized carbons (Fsp3) is 0.500. The number of fused-ring (bicyclic) bond motifs is 3. The standard InChI is InChI=1S/C12H14Br2O3P2/c13-5-1-6-11-7(4-15-18)9(17-19)3-10(11)16-12(6)8(14)2-5/h1-2,7,9-11H,3-4,18-19H2/t7-,9+,10-,11+/m0/s1/i19T/t7-,9+,10-,11+,19?. The molecule has 1 aromatic rings. The summed E-state index contributed by atoms with van der Waals surface area (Å²) >= 11 is 7.10. The summed E-state index contributed by atoms with van der Waals surface area (Å²) < 4.78 is 26.3. The van der Waals surface area contributed by atoms with Crippen molar-refractivity contribution in [1.82, 2.24) is 0 Å². The average molecular weight is 430 g/mol. The van der Waals surface area contributed by atoms with Crippen LogP contribution in [0.2, 0.25) is 0 Å². The van der Waals surface area contributed by atoms with Gasteiger partial charge in [0.25, 0.3) is 0 Å². The monoisotopic (exact) mass is 428 g/mol. The molecule has 0 bridgehead atoms. The smallest absolute Gasteiger partial charge is 0.137 e. The lowest BCUT2D eigenvalue weighted by molar-refractivity contribution is 0.138. The SMILES string of the molecule is [3H]PO[C@@H]1C[C@@H]2Oc3c(Br)cc(Br)cc3[C@@H]2[C@H]1COP. The summed E-state index contributed by atoms with van der Waals surface area (Å²) in [4.78, 5) is 0. The minimum atomic E-state index is -0.251. The molecule has 104 valence electrons. The molecular formula is C12H14Br2O3P2. The normalized spacial score (nSPS) is 33.3. The highest BCUT2D eigenvalue weighted by Crippen LogP contribution is 2.54. The Kier molecular flexibility index (Phi) is 4.14. The highest BCUT2D eigenvalue weighted by Gasteiger charge is 2.50. The van der Waals surface area contributed by atoms with E-state index in [1.807, 2.05) is 6.07 Å². The largest absolute Gasteiger partial charge is 0.488 e. The van der Waals surface area contributed by atoms with Crippen molar-refractivity contribution < 1.29 is 13.8 Å². The van der Waals surface area contributed by atoms with Gasteiger partial charge in [-0.2, -0.15) is 0 Å². The highest BCUT2D eigenvalue weighted by molar-refractivity contribution is 9.11. The molecule has 0 spiro atoms. The zero-order valence-electron chi connectivity index (χ0n) is 10.9. The van der Waals surface area contributed by atoms with E-state index in [0.29, 0.717) is 6.61 Å². The molecule has 2 aliphatic rings. The quantitative estimate of drug-likeness (QED) is 0.675. The van der Waals surface area contributed by atoms with E-state index in [9.17, 15) is 0 Å². The Morgan fingerprint density at radius 1 is 1.47 bits per heavy atom. The van der Waals surface area contributed by atoms with Crippen LogP contribution in [0.1, 0.15) is 17.9 Å². The third-order valence-electron chi connectivity index (χ3n) is 3.91. The van der Waals surface area contributed by atoms with Crippen molar-refractivity contribution in [3.63, 3.8) is 0 Å². The van der Waals surface area contributed by atoms with Crippen LogP contribution in [0.15, 0.2) is 21.1 Å². The van der Waals surface area contributed by atoms with Gasteiger partial charge in [0.05, 0.1) is 18.5 Å². The van der Waals surface area contributed by atoms with E-state index in [1.54, 1.807) is 0 Å². The maximum absolute atomic E-state index is 7.31. The second kappa shape index (κ2) is 5.87. The van der Waals surface area contributed by atoms with Crippen LogP contribution in [-0.2, 0) is 9.05 Å². The van der Waals surface area contributed by atoms with Gasteiger partial charge < -0.3 is 13.8 Å². The maximum Gasteiger partial charge on any atom is 0.137 e. The molecule has 1 saturated carbocycles. The second-order valence-corrected chi connectivity index (χ2v) is 7.22. The summed E-state index contributed by atoms with van der Waals surface area (Å²) in [5, 5.41) is 0. The molecule has 2 unspecified atom stereocenters. The first-order valence-electron chi connectivity index (χ1n) is 6.45. The summed E-state index contributed by atoms with van der Waals surface area (Å²) in [5.74, 6) is 1.42. The van der Waals surface area contributed by atoms with Crippen LogP contribution < -0.4 is 4.74 Å². The maximum atomic E-state index is 7.31. The zero-order chi connectivity index (χ0) is 14.3. The molecule has 6 atom stereocenters. The Hall–Kier alpha value is 0.760. The van der Waals surface area contributed by atoms with Crippen molar-refractivity contribution in [2.75, 3.05) is 6.61 Å². The van der Waals surface area contributed by atoms with Gasteiger partial charge in [0.2, 0.25) is 0 Å². The van der Waals surface area contributed by atoms with Crippen molar-refractivity contribution in [1.29, 1.82) is 1.28 Å². The van der Waals surface area contributed by atoms with Gasteiger partial charge in [0, 0.05) is 47.2 Å². The van der Waals surface area contributed by atoms with E-state index in [4.69, 9.17) is 15.1 Å². The van der Waals surface area contributed by atoms with Crippen molar-refractivity contribution in [3.8, 4) is 5.75 Å². The molecule has 0 saturated heterocycles. The molecule has 7 heteroatoms. The van der Waals surface area contributed by atoms with Gasteiger partial charge >= 0.3 is 0 Å². The summed E-state index contributed by atoms with van der Waals surface area (Å²) in [6.45, 7) is 0.591. The van der Waals surface area contributed by atoms with Gasteiger partial charge in [-0.3, -0.25) is 0 Å². The molecule has 1 aromatic carbocycles. The molecule has 19 heavy (non-hydrogen) atoms. The molecule has 0 N–H and O–H groups in total. The first kappa shape index (κ1) is 13.4. The lowest BCUT2D eigenvalue weighted by atomic mass is 9.89. The van der Waals surface area contributed by atoms with Crippen LogP contribution in [-0.4, -0.2) is 20.1 Å². The molecular weight excluding hydrogens is 414 g/mol. The first-order valence-corrected chi connectivity index (χ1v) is 8.42. The van der Waals surface area contributed by atoms with E-state index in [2.05, 4.69) is 47.4 Å². The Bertz CT molecular complexity index is 520. The molecule has 1 aliphatic carbocycles. The molecule has 1 heterocycles. The topological polar surface area (TPSA) is 27.7 Å². The van der Waals surface area contributed by atoms with Crippen molar-refractivity contribution in [3.05, 3.63) is 26.6 Å². The van der Waals surface area contributed by atoms with Crippen molar-refractivity contribution >= 4 is 50.7 Å². The Morgan fingerprint density at radius 3 is 3.05 bits per heavy atom. The van der Waals surface area contributed by atoms with E-state index in [1.165, 1.54) is 5.56 Å². The Labute approximate surface area is 135 Å². The van der Waals surface area contributed by atoms with E-state index < -0.39 is 0 Å². The molecule has 0 amide bonds. The van der Waals surface area contributed by atoms with Gasteiger partial charge in [-0.25, -0.2) is 0 Å². The summed E-state index contributed by atoms with van der Waals surface area (Å²) in [5.41, 5.74) is 1.20. The predicted octanol–water partition coefficient (Wildman–Crippen LogP) is 4.06. The van der Waals surface area contributed by atoms with Crippen molar-refractivity contribution in [2.24, 2.45) is 5.92 Å². The summed E-state index contributed by atoms with van der Waals surface area (Å²) in [6, 6.07) is 4.12. The summed E-state index contributed by atoms with van der Waals surface area (Å²) in [6.07, 6.45) is 0.961. The lowest BCUT2D eigenvalue weighted by Crippen LogP contribution is -2.23. The number of hydrogen-bond donors (Lipinski definition) is 0. The van der Waals surface area contributed by atoms with Gasteiger partial charge in [-0.05, 0) is 28.1 Å². The van der Waals surface area contributed by atoms with Crippen LogP contribution in [0.4, 0.5) is 0 Å². The second-order valence-electron chi connectivity index (χ2n) is 4.88. The lowest BCUT2D eigenvalue weighted by Gasteiger charge is -2.21. The van der Waals surface area contributed by atoms with Crippen LogP contribution in [0.3, 0.4) is 0 Å². The zero-order valence-corrected chi connectivity index (χ0v) is 15.3. The highest BCUT2D eigenvalue weighted by atomic mass is 79.9. The number of hydrogen-bond acceptors (Lipinski definition) is 3. The van der Waals surface area contributed by atoms with Gasteiger partial charge in [-0.15, -0.1) is 0 Å².